The van der Waals surface area contributed by atoms with Crippen LogP contribution in [0.3, 0.4) is 0 Å². The van der Waals surface area contributed by atoms with Crippen LogP contribution >= 0.6 is 15.9 Å². The molecule has 0 bridgehead atoms. The van der Waals surface area contributed by atoms with Gasteiger partial charge in [0, 0.05) is 11.8 Å². The number of ether oxygens (including phenoxy) is 1. The van der Waals surface area contributed by atoms with Gasteiger partial charge >= 0.3 is 6.61 Å². The van der Waals surface area contributed by atoms with E-state index in [0.29, 0.717) is 11.8 Å². The van der Waals surface area contributed by atoms with E-state index in [2.05, 4.69) is 32.5 Å². The summed E-state index contributed by atoms with van der Waals surface area (Å²) in [4.78, 5) is 0. The third-order valence-corrected chi connectivity index (χ3v) is 2.02. The summed E-state index contributed by atoms with van der Waals surface area (Å²) in [6.45, 7) is -2.99. The second-order valence-corrected chi connectivity index (χ2v) is 3.53. The van der Waals surface area contributed by atoms with Crippen LogP contribution in [0.4, 0.5) is 13.2 Å². The number of halogens is 4. The van der Waals surface area contributed by atoms with Crippen molar-refractivity contribution in [3.63, 3.8) is 0 Å². The molecule has 0 aliphatic heterocycles. The Morgan fingerprint density at radius 3 is 2.75 bits per heavy atom. The highest BCUT2D eigenvalue weighted by atomic mass is 79.9. The fourth-order valence-corrected chi connectivity index (χ4v) is 1.22. The quantitative estimate of drug-likeness (QED) is 0.611. The molecule has 0 amide bonds. The van der Waals surface area contributed by atoms with Crippen LogP contribution in [0.15, 0.2) is 18.2 Å². The zero-order valence-corrected chi connectivity index (χ0v) is 9.73. The molecule has 1 rings (SSSR count). The van der Waals surface area contributed by atoms with E-state index in [4.69, 9.17) is 0 Å². The highest BCUT2D eigenvalue weighted by molar-refractivity contribution is 9.09. The van der Waals surface area contributed by atoms with Crippen molar-refractivity contribution in [1.82, 2.24) is 0 Å². The number of hydrogen-bond donors (Lipinski definition) is 0. The third-order valence-electron chi connectivity index (χ3n) is 1.62. The fraction of sp³-hybridized carbons (Fsp3) is 0.273. The number of benzene rings is 1. The molecule has 5 heteroatoms. The molecule has 0 heterocycles. The predicted molar refractivity (Wildman–Crippen MR) is 58.3 cm³/mol. The number of hydrogen-bond acceptors (Lipinski definition) is 1. The Morgan fingerprint density at radius 2 is 2.12 bits per heavy atom. The van der Waals surface area contributed by atoms with Crippen LogP contribution < -0.4 is 4.74 Å². The van der Waals surface area contributed by atoms with Crippen LogP contribution in [-0.2, 0) is 0 Å². The van der Waals surface area contributed by atoms with Gasteiger partial charge in [-0.3, -0.25) is 0 Å². The lowest BCUT2D eigenvalue weighted by Gasteiger charge is -2.06. The average Bonchev–Trinajstić information content (AvgIpc) is 2.21. The summed E-state index contributed by atoms with van der Waals surface area (Å²) in [5.74, 6) is 4.21. The summed E-state index contributed by atoms with van der Waals surface area (Å²) < 4.78 is 41.5. The van der Waals surface area contributed by atoms with Crippen molar-refractivity contribution < 1.29 is 17.9 Å². The predicted octanol–water partition coefficient (Wildman–Crippen LogP) is 3.56. The standard InChI is InChI=1S/C11H8BrF3O/c12-7-2-1-4-8-9(13)5-3-6-10(8)16-11(14)15/h3,5-6,11H,2,7H2. The number of alkyl halides is 3. The summed E-state index contributed by atoms with van der Waals surface area (Å²) in [6, 6.07) is 3.70. The Balaban J connectivity index is 3.00. The molecule has 0 unspecified atom stereocenters. The van der Waals surface area contributed by atoms with Crippen molar-refractivity contribution in [3.8, 4) is 17.6 Å². The van der Waals surface area contributed by atoms with Crippen LogP contribution in [0.5, 0.6) is 5.75 Å². The van der Waals surface area contributed by atoms with Crippen molar-refractivity contribution in [3.05, 3.63) is 29.6 Å². The minimum absolute atomic E-state index is 0.135. The van der Waals surface area contributed by atoms with E-state index >= 15 is 0 Å². The summed E-state index contributed by atoms with van der Waals surface area (Å²) in [5, 5.41) is 0.638. The molecule has 16 heavy (non-hydrogen) atoms. The SMILES string of the molecule is Fc1cccc(OC(F)F)c1C#CCCBr. The maximum Gasteiger partial charge on any atom is 0.387 e. The van der Waals surface area contributed by atoms with Gasteiger partial charge in [-0.05, 0) is 12.1 Å². The molecule has 0 radical (unpaired) electrons. The van der Waals surface area contributed by atoms with Gasteiger partial charge in [-0.1, -0.05) is 33.8 Å². The first-order valence-electron chi connectivity index (χ1n) is 4.43. The van der Waals surface area contributed by atoms with Gasteiger partial charge < -0.3 is 4.74 Å². The molecular weight excluding hydrogens is 285 g/mol. The first kappa shape index (κ1) is 12.9. The van der Waals surface area contributed by atoms with Gasteiger partial charge in [0.05, 0.1) is 0 Å². The van der Waals surface area contributed by atoms with Crippen molar-refractivity contribution in [2.45, 2.75) is 13.0 Å². The Bertz CT molecular complexity index is 409. The van der Waals surface area contributed by atoms with Gasteiger partial charge in [-0.25, -0.2) is 4.39 Å². The van der Waals surface area contributed by atoms with Gasteiger partial charge in [0.15, 0.2) is 0 Å². The topological polar surface area (TPSA) is 9.23 Å². The summed E-state index contributed by atoms with van der Waals surface area (Å²) in [5.41, 5.74) is -0.135. The van der Waals surface area contributed by atoms with Gasteiger partial charge in [-0.2, -0.15) is 8.78 Å². The van der Waals surface area contributed by atoms with Gasteiger partial charge in [0.25, 0.3) is 0 Å². The van der Waals surface area contributed by atoms with E-state index in [1.807, 2.05) is 0 Å². The number of rotatable bonds is 3. The summed E-state index contributed by atoms with van der Waals surface area (Å²) in [6.07, 6.45) is 0.502. The second-order valence-electron chi connectivity index (χ2n) is 2.73. The molecule has 0 aliphatic carbocycles. The molecule has 1 nitrogen and oxygen atoms in total. The Hall–Kier alpha value is -1.15. The Kier molecular flexibility index (Phi) is 5.20. The van der Waals surface area contributed by atoms with Crippen LogP contribution in [0, 0.1) is 17.7 Å². The van der Waals surface area contributed by atoms with E-state index in [9.17, 15) is 13.2 Å². The molecule has 1 aromatic carbocycles. The molecule has 0 fully saturated rings. The zero-order valence-electron chi connectivity index (χ0n) is 8.14. The van der Waals surface area contributed by atoms with E-state index < -0.39 is 12.4 Å². The molecule has 86 valence electrons. The monoisotopic (exact) mass is 292 g/mol. The molecular formula is C11H8BrF3O. The van der Waals surface area contributed by atoms with Crippen LogP contribution in [0.2, 0.25) is 0 Å². The Morgan fingerprint density at radius 1 is 1.38 bits per heavy atom. The lowest BCUT2D eigenvalue weighted by atomic mass is 10.2. The van der Waals surface area contributed by atoms with Gasteiger partial charge in [0.1, 0.15) is 17.1 Å². The van der Waals surface area contributed by atoms with Crippen molar-refractivity contribution in [1.29, 1.82) is 0 Å². The summed E-state index contributed by atoms with van der Waals surface area (Å²) >= 11 is 3.15. The molecule has 0 N–H and O–H groups in total. The lowest BCUT2D eigenvalue weighted by molar-refractivity contribution is -0.0501. The second kappa shape index (κ2) is 6.44. The molecule has 1 aromatic rings. The highest BCUT2D eigenvalue weighted by Gasteiger charge is 2.11. The average molecular weight is 293 g/mol. The molecule has 0 spiro atoms. The van der Waals surface area contributed by atoms with Crippen LogP contribution in [-0.4, -0.2) is 11.9 Å². The van der Waals surface area contributed by atoms with Crippen LogP contribution in [0.25, 0.3) is 0 Å². The van der Waals surface area contributed by atoms with E-state index in [-0.39, 0.29) is 11.3 Å². The molecule has 0 atom stereocenters. The third kappa shape index (κ3) is 3.78. The zero-order chi connectivity index (χ0) is 12.0. The Labute approximate surface area is 99.7 Å². The summed E-state index contributed by atoms with van der Waals surface area (Å²) in [7, 11) is 0. The molecule has 0 aromatic heterocycles. The maximum absolute atomic E-state index is 13.3. The van der Waals surface area contributed by atoms with E-state index in [0.717, 1.165) is 6.07 Å². The van der Waals surface area contributed by atoms with Crippen molar-refractivity contribution in [2.75, 3.05) is 5.33 Å². The molecule has 0 saturated carbocycles. The van der Waals surface area contributed by atoms with Gasteiger partial charge in [0.2, 0.25) is 0 Å². The first-order valence-corrected chi connectivity index (χ1v) is 5.55. The van der Waals surface area contributed by atoms with E-state index in [1.165, 1.54) is 12.1 Å². The van der Waals surface area contributed by atoms with Crippen LogP contribution in [0.1, 0.15) is 12.0 Å². The minimum Gasteiger partial charge on any atom is -0.433 e. The largest absolute Gasteiger partial charge is 0.433 e. The van der Waals surface area contributed by atoms with Gasteiger partial charge in [-0.15, -0.1) is 0 Å². The smallest absolute Gasteiger partial charge is 0.387 e. The first-order chi connectivity index (χ1) is 7.65. The molecule has 0 saturated heterocycles. The van der Waals surface area contributed by atoms with E-state index in [1.54, 1.807) is 0 Å². The normalized spacial score (nSPS) is 9.81. The lowest BCUT2D eigenvalue weighted by Crippen LogP contribution is -2.04. The minimum atomic E-state index is -2.99. The van der Waals surface area contributed by atoms with Crippen molar-refractivity contribution in [2.24, 2.45) is 0 Å². The maximum atomic E-state index is 13.3. The molecule has 0 aliphatic rings. The van der Waals surface area contributed by atoms with Crippen molar-refractivity contribution >= 4 is 15.9 Å². The fourth-order valence-electron chi connectivity index (χ4n) is 1.02. The highest BCUT2D eigenvalue weighted by Crippen LogP contribution is 2.22.